The van der Waals surface area contributed by atoms with Crippen molar-refractivity contribution in [1.29, 1.82) is 0 Å². The van der Waals surface area contributed by atoms with Crippen LogP contribution in [0.2, 0.25) is 0 Å². The first-order chi connectivity index (χ1) is 4.31. The van der Waals surface area contributed by atoms with E-state index in [-0.39, 0.29) is 0 Å². The Morgan fingerprint density at radius 1 is 1.44 bits per heavy atom. The molecule has 9 heavy (non-hydrogen) atoms. The third kappa shape index (κ3) is 1.01. The third-order valence-corrected chi connectivity index (χ3v) is 5.71. The van der Waals surface area contributed by atoms with Crippen LogP contribution in [0.15, 0.2) is 0 Å². The summed E-state index contributed by atoms with van der Waals surface area (Å²) in [5, 5.41) is 0. The maximum atomic E-state index is 2.34. The van der Waals surface area contributed by atoms with Gasteiger partial charge in [0.15, 0.2) is 0 Å². The lowest BCUT2D eigenvalue weighted by Gasteiger charge is -2.36. The highest BCUT2D eigenvalue weighted by Gasteiger charge is 2.43. The summed E-state index contributed by atoms with van der Waals surface area (Å²) in [4.78, 5) is 0. The normalized spacial score (nSPS) is 39.0. The first kappa shape index (κ1) is 6.41. The van der Waals surface area contributed by atoms with Gasteiger partial charge in [-0.15, -0.1) is 23.5 Å². The lowest BCUT2D eigenvalue weighted by molar-refractivity contribution is 0.401. The fraction of sp³-hybridized carbons (Fsp3) is 1.00. The molecule has 1 unspecified atom stereocenters. The zero-order valence-electron chi connectivity index (χ0n) is 5.72. The first-order valence-electron chi connectivity index (χ1n) is 3.60. The predicted octanol–water partition coefficient (Wildman–Crippen LogP) is 2.74. The van der Waals surface area contributed by atoms with Crippen LogP contribution in [-0.4, -0.2) is 15.1 Å². The minimum absolute atomic E-state index is 0.768. The summed E-state index contributed by atoms with van der Waals surface area (Å²) < 4.78 is 1.65. The molecule has 0 aromatic heterocycles. The van der Waals surface area contributed by atoms with Gasteiger partial charge in [0.05, 0.1) is 0 Å². The lowest BCUT2D eigenvalue weighted by Crippen LogP contribution is -2.33. The Kier molecular flexibility index (Phi) is 1.49. The second-order valence-electron chi connectivity index (χ2n) is 3.03. The molecule has 0 amide bonds. The van der Waals surface area contributed by atoms with Crippen molar-refractivity contribution in [3.63, 3.8) is 0 Å². The van der Waals surface area contributed by atoms with Gasteiger partial charge in [0.1, 0.15) is 0 Å². The van der Waals surface area contributed by atoms with Crippen molar-refractivity contribution < 1.29 is 0 Å². The van der Waals surface area contributed by atoms with Crippen molar-refractivity contribution in [1.82, 2.24) is 0 Å². The second-order valence-corrected chi connectivity index (χ2v) is 6.47. The van der Waals surface area contributed by atoms with Gasteiger partial charge < -0.3 is 0 Å². The minimum Gasteiger partial charge on any atom is -0.146 e. The average molecular weight is 160 g/mol. The molecule has 1 heterocycles. The minimum atomic E-state index is 0.768. The van der Waals surface area contributed by atoms with Crippen LogP contribution in [0.5, 0.6) is 0 Å². The highest BCUT2D eigenvalue weighted by atomic mass is 32.2. The summed E-state index contributed by atoms with van der Waals surface area (Å²) in [7, 11) is 0. The Hall–Kier alpha value is 0.700. The van der Waals surface area contributed by atoms with Gasteiger partial charge in [-0.25, -0.2) is 0 Å². The molecule has 1 spiro atoms. The first-order valence-corrected chi connectivity index (χ1v) is 5.53. The van der Waals surface area contributed by atoms with Crippen molar-refractivity contribution >= 4 is 23.5 Å². The maximum absolute atomic E-state index is 2.34. The van der Waals surface area contributed by atoms with Crippen molar-refractivity contribution in [3.05, 3.63) is 0 Å². The molecule has 0 radical (unpaired) electrons. The van der Waals surface area contributed by atoms with Gasteiger partial charge in [0, 0.05) is 15.1 Å². The molecule has 52 valence electrons. The molecular formula is C7H12S2. The molecular weight excluding hydrogens is 148 g/mol. The number of hydrogen-bond acceptors (Lipinski definition) is 2. The molecule has 2 heteroatoms. The fourth-order valence-corrected chi connectivity index (χ4v) is 5.14. The van der Waals surface area contributed by atoms with E-state index in [1.807, 2.05) is 0 Å². The summed E-state index contributed by atoms with van der Waals surface area (Å²) in [6.45, 7) is 2.34. The third-order valence-electron chi connectivity index (χ3n) is 2.26. The summed E-state index contributed by atoms with van der Waals surface area (Å²) in [5.74, 6) is 1.43. The smallest absolute Gasteiger partial charge is 0.0480 e. The Balaban J connectivity index is 1.99. The Bertz CT molecular complexity index is 118. The van der Waals surface area contributed by atoms with Gasteiger partial charge in [-0.2, -0.15) is 0 Å². The molecule has 0 nitrogen and oxygen atoms in total. The molecule has 0 aromatic rings. The fourth-order valence-electron chi connectivity index (χ4n) is 1.52. The molecule has 1 atom stereocenters. The van der Waals surface area contributed by atoms with Gasteiger partial charge in [-0.05, 0) is 19.8 Å². The molecule has 0 bridgehead atoms. The van der Waals surface area contributed by atoms with E-state index >= 15 is 0 Å². The van der Waals surface area contributed by atoms with Gasteiger partial charge >= 0.3 is 0 Å². The average Bonchev–Trinajstić information content (AvgIpc) is 2.09. The second kappa shape index (κ2) is 2.09. The van der Waals surface area contributed by atoms with E-state index in [1.54, 1.807) is 0 Å². The molecule has 0 aromatic carbocycles. The summed E-state index contributed by atoms with van der Waals surface area (Å²) in [5.41, 5.74) is 0. The van der Waals surface area contributed by atoms with Gasteiger partial charge in [0.2, 0.25) is 0 Å². The van der Waals surface area contributed by atoms with Crippen molar-refractivity contribution in [2.24, 2.45) is 0 Å². The van der Waals surface area contributed by atoms with E-state index in [0.29, 0.717) is 0 Å². The molecule has 0 N–H and O–H groups in total. The Morgan fingerprint density at radius 3 is 2.44 bits per heavy atom. The number of thioether (sulfide) groups is 2. The largest absolute Gasteiger partial charge is 0.146 e. The number of hydrogen-bond donors (Lipinski definition) is 0. The summed E-state index contributed by atoms with van der Waals surface area (Å²) in [6.07, 6.45) is 4.48. The zero-order valence-corrected chi connectivity index (χ0v) is 7.36. The van der Waals surface area contributed by atoms with E-state index in [4.69, 9.17) is 0 Å². The monoisotopic (exact) mass is 160 g/mol. The van der Waals surface area contributed by atoms with E-state index in [1.165, 1.54) is 25.0 Å². The zero-order chi connectivity index (χ0) is 6.32. The van der Waals surface area contributed by atoms with E-state index < -0.39 is 0 Å². The topological polar surface area (TPSA) is 0 Å². The SMILES string of the molecule is CC1SCC2(CCC2)S1. The van der Waals surface area contributed by atoms with Crippen LogP contribution in [-0.2, 0) is 0 Å². The van der Waals surface area contributed by atoms with E-state index in [9.17, 15) is 0 Å². The van der Waals surface area contributed by atoms with E-state index in [2.05, 4.69) is 30.4 Å². The van der Waals surface area contributed by atoms with Crippen LogP contribution in [0, 0.1) is 0 Å². The van der Waals surface area contributed by atoms with E-state index in [0.717, 1.165) is 9.33 Å². The highest BCUT2D eigenvalue weighted by Crippen LogP contribution is 2.55. The van der Waals surface area contributed by atoms with Crippen LogP contribution < -0.4 is 0 Å². The van der Waals surface area contributed by atoms with Crippen LogP contribution in [0.1, 0.15) is 26.2 Å². The Morgan fingerprint density at radius 2 is 2.22 bits per heavy atom. The lowest BCUT2D eigenvalue weighted by atomic mass is 9.86. The van der Waals surface area contributed by atoms with Gasteiger partial charge in [-0.1, -0.05) is 6.42 Å². The molecule has 1 saturated heterocycles. The molecule has 2 fully saturated rings. The molecule has 2 rings (SSSR count). The standard InChI is InChI=1S/C7H12S2/c1-6-8-5-7(9-6)3-2-4-7/h6H,2-5H2,1H3. The van der Waals surface area contributed by atoms with Gasteiger partial charge in [-0.3, -0.25) is 0 Å². The van der Waals surface area contributed by atoms with Crippen molar-refractivity contribution in [3.8, 4) is 0 Å². The van der Waals surface area contributed by atoms with Crippen molar-refractivity contribution in [2.75, 3.05) is 5.75 Å². The highest BCUT2D eigenvalue weighted by molar-refractivity contribution is 8.20. The molecule has 1 aliphatic heterocycles. The Labute approximate surface area is 65.2 Å². The quantitative estimate of drug-likeness (QED) is 0.534. The van der Waals surface area contributed by atoms with Crippen LogP contribution in [0.25, 0.3) is 0 Å². The van der Waals surface area contributed by atoms with Gasteiger partial charge in [0.25, 0.3) is 0 Å². The van der Waals surface area contributed by atoms with Crippen LogP contribution in [0.3, 0.4) is 0 Å². The maximum Gasteiger partial charge on any atom is 0.0480 e. The summed E-state index contributed by atoms with van der Waals surface area (Å²) in [6, 6.07) is 0. The molecule has 1 aliphatic carbocycles. The van der Waals surface area contributed by atoms with Crippen LogP contribution >= 0.6 is 23.5 Å². The number of rotatable bonds is 0. The molecule has 1 saturated carbocycles. The molecule has 2 aliphatic rings. The predicted molar refractivity (Wildman–Crippen MR) is 46.1 cm³/mol. The van der Waals surface area contributed by atoms with Crippen LogP contribution in [0.4, 0.5) is 0 Å². The summed E-state index contributed by atoms with van der Waals surface area (Å²) >= 11 is 4.36. The van der Waals surface area contributed by atoms with Crippen molar-refractivity contribution in [2.45, 2.75) is 35.5 Å².